The van der Waals surface area contributed by atoms with Crippen molar-refractivity contribution in [2.75, 3.05) is 0 Å². The van der Waals surface area contributed by atoms with Crippen molar-refractivity contribution in [2.45, 2.75) is 20.3 Å². The van der Waals surface area contributed by atoms with Crippen molar-refractivity contribution < 1.29 is 0 Å². The summed E-state index contributed by atoms with van der Waals surface area (Å²) >= 11 is 0. The lowest BCUT2D eigenvalue weighted by Gasteiger charge is -2.05. The van der Waals surface area contributed by atoms with Gasteiger partial charge in [-0.2, -0.15) is 0 Å². The second kappa shape index (κ2) is 4.88. The molecule has 96 valence electrons. The molecule has 0 unspecified atom stereocenters. The first-order chi connectivity index (χ1) is 9.22. The molecule has 0 saturated carbocycles. The van der Waals surface area contributed by atoms with Gasteiger partial charge in [-0.1, -0.05) is 50.2 Å². The molecule has 0 spiro atoms. The van der Waals surface area contributed by atoms with E-state index < -0.39 is 0 Å². The van der Waals surface area contributed by atoms with Gasteiger partial charge in [-0.3, -0.25) is 0 Å². The number of hydrogen-bond acceptors (Lipinski definition) is 1. The Morgan fingerprint density at radius 3 is 2.42 bits per heavy atom. The first-order valence-electron chi connectivity index (χ1n) is 6.76. The number of aromatic nitrogens is 2. The van der Waals surface area contributed by atoms with Crippen LogP contribution in [0, 0.1) is 5.92 Å². The summed E-state index contributed by atoms with van der Waals surface area (Å²) in [5.74, 6) is 1.63. The molecular weight excluding hydrogens is 232 g/mol. The molecule has 0 fully saturated rings. The minimum absolute atomic E-state index is 0.692. The van der Waals surface area contributed by atoms with Crippen LogP contribution in [0.3, 0.4) is 0 Å². The summed E-state index contributed by atoms with van der Waals surface area (Å²) in [4.78, 5) is 7.98. The minimum atomic E-state index is 0.692. The summed E-state index contributed by atoms with van der Waals surface area (Å²) in [6.45, 7) is 4.49. The second-order valence-electron chi connectivity index (χ2n) is 5.40. The molecule has 0 atom stereocenters. The highest BCUT2D eigenvalue weighted by atomic mass is 14.9. The van der Waals surface area contributed by atoms with Crippen molar-refractivity contribution in [2.24, 2.45) is 5.92 Å². The number of fused-ring (bicyclic) bond motifs is 1. The number of nitrogens with zero attached hydrogens (tertiary/aromatic N) is 1. The number of rotatable bonds is 3. The third-order valence-electron chi connectivity index (χ3n) is 3.26. The fourth-order valence-corrected chi connectivity index (χ4v) is 2.36. The van der Waals surface area contributed by atoms with Gasteiger partial charge < -0.3 is 4.98 Å². The van der Waals surface area contributed by atoms with Crippen molar-refractivity contribution in [1.82, 2.24) is 9.97 Å². The fourth-order valence-electron chi connectivity index (χ4n) is 2.36. The van der Waals surface area contributed by atoms with E-state index in [9.17, 15) is 0 Å². The number of imidazole rings is 1. The van der Waals surface area contributed by atoms with Gasteiger partial charge in [0.2, 0.25) is 0 Å². The summed E-state index contributed by atoms with van der Waals surface area (Å²) in [7, 11) is 0. The van der Waals surface area contributed by atoms with E-state index in [1.54, 1.807) is 0 Å². The molecule has 1 aromatic heterocycles. The molecule has 1 N–H and O–H groups in total. The van der Waals surface area contributed by atoms with Crippen molar-refractivity contribution >= 4 is 11.0 Å². The van der Waals surface area contributed by atoms with Crippen molar-refractivity contribution in [3.63, 3.8) is 0 Å². The summed E-state index contributed by atoms with van der Waals surface area (Å²) < 4.78 is 0. The zero-order chi connectivity index (χ0) is 13.2. The van der Waals surface area contributed by atoms with E-state index >= 15 is 0 Å². The Bertz CT molecular complexity index is 645. The summed E-state index contributed by atoms with van der Waals surface area (Å²) in [5.41, 5.74) is 4.63. The van der Waals surface area contributed by atoms with E-state index in [-0.39, 0.29) is 0 Å². The molecule has 0 amide bonds. The lowest BCUT2D eigenvalue weighted by atomic mass is 10.0. The number of nitrogens with one attached hydrogen (secondary N) is 1. The largest absolute Gasteiger partial charge is 0.338 e. The number of H-pyrrole nitrogens is 1. The molecule has 0 saturated heterocycles. The van der Waals surface area contributed by atoms with Gasteiger partial charge in [-0.05, 0) is 30.0 Å². The maximum atomic E-state index is 4.62. The van der Waals surface area contributed by atoms with Crippen LogP contribution in [0.15, 0.2) is 48.5 Å². The van der Waals surface area contributed by atoms with Crippen LogP contribution >= 0.6 is 0 Å². The maximum Gasteiger partial charge on any atom is 0.138 e. The van der Waals surface area contributed by atoms with Gasteiger partial charge in [0.05, 0.1) is 11.0 Å². The van der Waals surface area contributed by atoms with Crippen LogP contribution in [-0.2, 0) is 6.42 Å². The monoisotopic (exact) mass is 250 g/mol. The summed E-state index contributed by atoms with van der Waals surface area (Å²) in [6, 6.07) is 16.8. The molecule has 0 bridgehead atoms. The molecular formula is C17H18N2. The van der Waals surface area contributed by atoms with Crippen molar-refractivity contribution in [3.05, 3.63) is 54.1 Å². The van der Waals surface area contributed by atoms with Crippen molar-refractivity contribution in [1.29, 1.82) is 0 Å². The van der Waals surface area contributed by atoms with Crippen LogP contribution in [0.4, 0.5) is 0 Å². The molecule has 2 nitrogen and oxygen atoms in total. The zero-order valence-electron chi connectivity index (χ0n) is 11.4. The standard InChI is InChI=1S/C17H18N2/c1-12(2)11-13-7-9-14(10-8-13)17-18-15-5-3-4-6-16(15)19-17/h3-10,12H,11H2,1-2H3,(H,18,19). The highest BCUT2D eigenvalue weighted by molar-refractivity contribution is 5.79. The Kier molecular flexibility index (Phi) is 3.08. The zero-order valence-corrected chi connectivity index (χ0v) is 11.4. The van der Waals surface area contributed by atoms with E-state index in [0.717, 1.165) is 28.8 Å². The predicted molar refractivity (Wildman–Crippen MR) is 80.1 cm³/mol. The lowest BCUT2D eigenvalue weighted by molar-refractivity contribution is 0.647. The van der Waals surface area contributed by atoms with Gasteiger partial charge in [0, 0.05) is 5.56 Å². The van der Waals surface area contributed by atoms with E-state index in [0.29, 0.717) is 5.92 Å². The van der Waals surface area contributed by atoms with Gasteiger partial charge in [0.25, 0.3) is 0 Å². The molecule has 3 rings (SSSR count). The van der Waals surface area contributed by atoms with Crippen LogP contribution in [0.2, 0.25) is 0 Å². The molecule has 0 aliphatic rings. The molecule has 2 heteroatoms. The predicted octanol–water partition coefficient (Wildman–Crippen LogP) is 4.43. The SMILES string of the molecule is CC(C)Cc1ccc(-c2nc3ccccc3[nH]2)cc1. The third-order valence-corrected chi connectivity index (χ3v) is 3.26. The molecule has 0 aliphatic carbocycles. The van der Waals surface area contributed by atoms with E-state index in [1.165, 1.54) is 5.56 Å². The fraction of sp³-hybridized carbons (Fsp3) is 0.235. The quantitative estimate of drug-likeness (QED) is 0.732. The van der Waals surface area contributed by atoms with Gasteiger partial charge >= 0.3 is 0 Å². The minimum Gasteiger partial charge on any atom is -0.338 e. The average molecular weight is 250 g/mol. The summed E-state index contributed by atoms with van der Waals surface area (Å²) in [6.07, 6.45) is 1.13. The van der Waals surface area contributed by atoms with Crippen molar-refractivity contribution in [3.8, 4) is 11.4 Å². The normalized spacial score (nSPS) is 11.3. The Morgan fingerprint density at radius 2 is 1.74 bits per heavy atom. The molecule has 0 radical (unpaired) electrons. The Morgan fingerprint density at radius 1 is 1.00 bits per heavy atom. The number of benzene rings is 2. The van der Waals surface area contributed by atoms with Gasteiger partial charge in [0.15, 0.2) is 0 Å². The number of para-hydroxylation sites is 2. The Hall–Kier alpha value is -2.09. The van der Waals surface area contributed by atoms with Gasteiger partial charge in [-0.15, -0.1) is 0 Å². The molecule has 0 aliphatic heterocycles. The Labute approximate surface area is 113 Å². The van der Waals surface area contributed by atoms with Gasteiger partial charge in [0.1, 0.15) is 5.82 Å². The van der Waals surface area contributed by atoms with Crippen LogP contribution in [0.1, 0.15) is 19.4 Å². The van der Waals surface area contributed by atoms with E-state index in [1.807, 2.05) is 18.2 Å². The van der Waals surface area contributed by atoms with Crippen LogP contribution in [-0.4, -0.2) is 9.97 Å². The van der Waals surface area contributed by atoms with Crippen LogP contribution in [0.25, 0.3) is 22.4 Å². The maximum absolute atomic E-state index is 4.62. The van der Waals surface area contributed by atoms with Crippen LogP contribution < -0.4 is 0 Å². The number of hydrogen-bond donors (Lipinski definition) is 1. The highest BCUT2D eigenvalue weighted by Gasteiger charge is 2.05. The smallest absolute Gasteiger partial charge is 0.138 e. The molecule has 1 heterocycles. The first kappa shape index (κ1) is 12.0. The Balaban J connectivity index is 1.93. The topological polar surface area (TPSA) is 28.7 Å². The lowest BCUT2D eigenvalue weighted by Crippen LogP contribution is -1.93. The average Bonchev–Trinajstić information content (AvgIpc) is 2.82. The highest BCUT2D eigenvalue weighted by Crippen LogP contribution is 2.21. The third kappa shape index (κ3) is 2.53. The molecule has 2 aromatic carbocycles. The number of aromatic amines is 1. The first-order valence-corrected chi connectivity index (χ1v) is 6.76. The van der Waals surface area contributed by atoms with Crippen LogP contribution in [0.5, 0.6) is 0 Å². The van der Waals surface area contributed by atoms with E-state index in [4.69, 9.17) is 0 Å². The second-order valence-corrected chi connectivity index (χ2v) is 5.40. The summed E-state index contributed by atoms with van der Waals surface area (Å²) in [5, 5.41) is 0. The molecule has 3 aromatic rings. The van der Waals surface area contributed by atoms with E-state index in [2.05, 4.69) is 54.1 Å². The van der Waals surface area contributed by atoms with Gasteiger partial charge in [-0.25, -0.2) is 4.98 Å². The molecule has 19 heavy (non-hydrogen) atoms.